The fraction of sp³-hybridized carbons (Fsp3) is 0.333. The summed E-state index contributed by atoms with van der Waals surface area (Å²) in [5.41, 5.74) is 9.50. The molecule has 2 radical (unpaired) electrons. The number of β-amino-alcohol motifs (C(OH)–C–C–N with tert-alkyl or cyclic N) is 1. The zero-order valence-electron chi connectivity index (χ0n) is 12.7. The fourth-order valence-electron chi connectivity index (χ4n) is 2.79. The number of hydrogen-bond acceptors (Lipinski definition) is 6. The van der Waals surface area contributed by atoms with E-state index in [0.29, 0.717) is 47.1 Å². The third kappa shape index (κ3) is 2.99. The van der Waals surface area contributed by atoms with E-state index in [2.05, 4.69) is 14.9 Å². The minimum Gasteiger partial charge on any atom is -0.497 e. The maximum absolute atomic E-state index is 9.14. The molecule has 1 aromatic carbocycles. The molecule has 0 atom stereocenters. The molecule has 0 spiro atoms. The largest absolute Gasteiger partial charge is 0.497 e. The van der Waals surface area contributed by atoms with Gasteiger partial charge in [0.15, 0.2) is 0 Å². The number of nitrogens with zero attached hydrogens (tertiary/aromatic N) is 3. The number of aliphatic hydroxyl groups excluding tert-OH is 1. The molecule has 23 heavy (non-hydrogen) atoms. The quantitative estimate of drug-likeness (QED) is 0.794. The minimum absolute atomic E-state index is 0.0860. The first-order valence-corrected chi connectivity index (χ1v) is 7.53. The van der Waals surface area contributed by atoms with Crippen molar-refractivity contribution in [1.82, 2.24) is 14.9 Å². The predicted molar refractivity (Wildman–Crippen MR) is 90.0 cm³/mol. The van der Waals surface area contributed by atoms with E-state index >= 15 is 0 Å². The summed E-state index contributed by atoms with van der Waals surface area (Å²) in [6, 6.07) is 3.40. The summed E-state index contributed by atoms with van der Waals surface area (Å²) < 4.78 is 5.27. The Morgan fingerprint density at radius 3 is 2.87 bits per heavy atom. The van der Waals surface area contributed by atoms with Gasteiger partial charge in [-0.25, -0.2) is 9.97 Å². The molecule has 2 heterocycles. The van der Waals surface area contributed by atoms with E-state index in [1.165, 1.54) is 0 Å². The average Bonchev–Trinajstić information content (AvgIpc) is 2.89. The van der Waals surface area contributed by atoms with Crippen molar-refractivity contribution in [3.05, 3.63) is 28.4 Å². The molecule has 2 aromatic rings. The number of ether oxygens (including phenoxy) is 1. The lowest BCUT2D eigenvalue weighted by molar-refractivity contribution is 0.197. The van der Waals surface area contributed by atoms with Gasteiger partial charge in [0.1, 0.15) is 13.6 Å². The maximum atomic E-state index is 9.14. The first-order valence-electron chi connectivity index (χ1n) is 7.15. The topological polar surface area (TPSA) is 84.5 Å². The van der Waals surface area contributed by atoms with Crippen molar-refractivity contribution in [3.8, 4) is 17.0 Å². The Morgan fingerprint density at radius 1 is 1.39 bits per heavy atom. The van der Waals surface area contributed by atoms with Crippen LogP contribution in [0.2, 0.25) is 5.02 Å². The highest BCUT2D eigenvalue weighted by Crippen LogP contribution is 2.35. The number of anilines is 1. The van der Waals surface area contributed by atoms with E-state index in [-0.39, 0.29) is 12.6 Å². The van der Waals surface area contributed by atoms with E-state index in [4.69, 9.17) is 35.0 Å². The van der Waals surface area contributed by atoms with Crippen LogP contribution < -0.4 is 15.9 Å². The lowest BCUT2D eigenvalue weighted by atomic mass is 9.92. The zero-order valence-corrected chi connectivity index (χ0v) is 13.5. The summed E-state index contributed by atoms with van der Waals surface area (Å²) in [5, 5.41) is 9.61. The Morgan fingerprint density at radius 2 is 2.17 bits per heavy atom. The number of rotatable bonds is 4. The van der Waals surface area contributed by atoms with E-state index in [1.807, 2.05) is 0 Å². The number of aliphatic hydroxyl groups is 1. The molecule has 8 heteroatoms. The van der Waals surface area contributed by atoms with Crippen molar-refractivity contribution in [2.45, 2.75) is 13.1 Å². The third-order valence-electron chi connectivity index (χ3n) is 3.86. The Balaban J connectivity index is 2.12. The van der Waals surface area contributed by atoms with Crippen LogP contribution >= 0.6 is 11.6 Å². The summed E-state index contributed by atoms with van der Waals surface area (Å²) >= 11 is 6.35. The van der Waals surface area contributed by atoms with Crippen LogP contribution in [-0.4, -0.2) is 48.1 Å². The first-order chi connectivity index (χ1) is 11.0. The number of halogens is 1. The second-order valence-corrected chi connectivity index (χ2v) is 5.77. The molecule has 0 amide bonds. The number of methoxy groups -OCH3 is 1. The lowest BCUT2D eigenvalue weighted by Gasteiger charge is -2.14. The molecule has 0 unspecified atom stereocenters. The van der Waals surface area contributed by atoms with Crippen molar-refractivity contribution in [2.24, 2.45) is 0 Å². The fourth-order valence-corrected chi connectivity index (χ4v) is 3.05. The summed E-state index contributed by atoms with van der Waals surface area (Å²) in [4.78, 5) is 10.8. The van der Waals surface area contributed by atoms with E-state index in [0.717, 1.165) is 11.3 Å². The molecule has 1 aliphatic rings. The molecular formula is C15H16BClN4O2. The van der Waals surface area contributed by atoms with Gasteiger partial charge in [-0.1, -0.05) is 17.1 Å². The molecule has 0 saturated carbocycles. The van der Waals surface area contributed by atoms with Gasteiger partial charge in [0, 0.05) is 35.8 Å². The van der Waals surface area contributed by atoms with E-state index < -0.39 is 0 Å². The molecule has 118 valence electrons. The smallest absolute Gasteiger partial charge is 0.220 e. The van der Waals surface area contributed by atoms with Crippen LogP contribution in [0.4, 0.5) is 5.95 Å². The molecule has 0 fully saturated rings. The first kappa shape index (κ1) is 16.0. The number of aromatic nitrogens is 2. The van der Waals surface area contributed by atoms with Crippen molar-refractivity contribution in [2.75, 3.05) is 26.0 Å². The Hall–Kier alpha value is -1.83. The second kappa shape index (κ2) is 6.35. The number of hydrogen-bond donors (Lipinski definition) is 2. The monoisotopic (exact) mass is 330 g/mol. The molecule has 0 saturated heterocycles. The van der Waals surface area contributed by atoms with Gasteiger partial charge >= 0.3 is 0 Å². The predicted octanol–water partition coefficient (Wildman–Crippen LogP) is 0.489. The lowest BCUT2D eigenvalue weighted by Crippen LogP contribution is -2.20. The van der Waals surface area contributed by atoms with Gasteiger partial charge in [-0.05, 0) is 12.1 Å². The number of fused-ring (bicyclic) bond motifs is 1. The van der Waals surface area contributed by atoms with Crippen molar-refractivity contribution < 1.29 is 9.84 Å². The molecule has 1 aromatic heterocycles. The van der Waals surface area contributed by atoms with E-state index in [9.17, 15) is 0 Å². The Kier molecular flexibility index (Phi) is 4.43. The van der Waals surface area contributed by atoms with E-state index in [1.54, 1.807) is 19.2 Å². The van der Waals surface area contributed by atoms with Crippen molar-refractivity contribution in [1.29, 1.82) is 0 Å². The van der Waals surface area contributed by atoms with Gasteiger partial charge in [-0.15, -0.1) is 0 Å². The minimum atomic E-state index is 0.0860. The van der Waals surface area contributed by atoms with Crippen LogP contribution in [0.1, 0.15) is 11.3 Å². The standard InChI is InChI=1S/C15H16BClN4O2/c1-23-13-4-8(11(17)5-10(13)16)14-9-6-21(2-3-22)7-12(9)19-15(18)20-14/h4-5,22H,2-3,6-7H2,1H3,(H2,18,19,20). The maximum Gasteiger partial charge on any atom is 0.220 e. The molecule has 1 aliphatic heterocycles. The number of benzene rings is 1. The number of nitrogens with two attached hydrogens (primary N) is 1. The summed E-state index contributed by atoms with van der Waals surface area (Å²) in [5.74, 6) is 0.719. The van der Waals surface area contributed by atoms with Crippen LogP contribution in [0.3, 0.4) is 0 Å². The van der Waals surface area contributed by atoms with Crippen LogP contribution in [0.25, 0.3) is 11.3 Å². The molecule has 0 bridgehead atoms. The Labute approximate surface area is 140 Å². The normalized spacial score (nSPS) is 14.0. The van der Waals surface area contributed by atoms with Gasteiger partial charge in [-0.2, -0.15) is 0 Å². The average molecular weight is 331 g/mol. The summed E-state index contributed by atoms with van der Waals surface area (Å²) in [7, 11) is 7.43. The number of nitrogen functional groups attached to an aromatic ring is 1. The van der Waals surface area contributed by atoms with Crippen LogP contribution in [0.5, 0.6) is 5.75 Å². The third-order valence-corrected chi connectivity index (χ3v) is 4.17. The molecule has 3 N–H and O–H groups in total. The van der Waals surface area contributed by atoms with Gasteiger partial charge in [0.2, 0.25) is 5.95 Å². The van der Waals surface area contributed by atoms with Crippen molar-refractivity contribution >= 4 is 30.9 Å². The molecular weight excluding hydrogens is 314 g/mol. The highest BCUT2D eigenvalue weighted by atomic mass is 35.5. The molecule has 3 rings (SSSR count). The van der Waals surface area contributed by atoms with Crippen LogP contribution in [-0.2, 0) is 13.1 Å². The highest BCUT2D eigenvalue weighted by molar-refractivity contribution is 6.39. The summed E-state index contributed by atoms with van der Waals surface area (Å²) in [6.45, 7) is 1.91. The molecule has 0 aliphatic carbocycles. The summed E-state index contributed by atoms with van der Waals surface area (Å²) in [6.07, 6.45) is 0. The zero-order chi connectivity index (χ0) is 16.6. The van der Waals surface area contributed by atoms with Gasteiger partial charge in [0.05, 0.1) is 25.1 Å². The van der Waals surface area contributed by atoms with Gasteiger partial charge in [-0.3, -0.25) is 4.90 Å². The van der Waals surface area contributed by atoms with Crippen LogP contribution in [0.15, 0.2) is 12.1 Å². The Bertz CT molecular complexity index is 757. The van der Waals surface area contributed by atoms with Gasteiger partial charge in [0.25, 0.3) is 0 Å². The molecule has 6 nitrogen and oxygen atoms in total. The van der Waals surface area contributed by atoms with Crippen molar-refractivity contribution in [3.63, 3.8) is 0 Å². The van der Waals surface area contributed by atoms with Crippen LogP contribution in [0, 0.1) is 0 Å². The van der Waals surface area contributed by atoms with Gasteiger partial charge < -0.3 is 15.6 Å². The second-order valence-electron chi connectivity index (χ2n) is 5.36. The highest BCUT2D eigenvalue weighted by Gasteiger charge is 2.26. The SMILES string of the molecule is [B]c1cc(Cl)c(-c2nc(N)nc3c2CN(CCO)C3)cc1OC.